The van der Waals surface area contributed by atoms with Gasteiger partial charge in [-0.3, -0.25) is 4.68 Å². The zero-order valence-electron chi connectivity index (χ0n) is 8.99. The molecule has 0 unspecified atom stereocenters. The molecule has 2 N–H and O–H groups in total. The van der Waals surface area contributed by atoms with Crippen molar-refractivity contribution in [2.45, 2.75) is 13.5 Å². The number of hydrogen-bond donors (Lipinski definition) is 2. The SMILES string of the molecule is CCNCc1ncc(-c2ccnn2C)[nH]1. The van der Waals surface area contributed by atoms with Gasteiger partial charge in [0.15, 0.2) is 0 Å². The second kappa shape index (κ2) is 4.27. The van der Waals surface area contributed by atoms with Crippen LogP contribution in [0.5, 0.6) is 0 Å². The van der Waals surface area contributed by atoms with Crippen LogP contribution in [0.1, 0.15) is 12.7 Å². The number of nitrogens with zero attached hydrogens (tertiary/aromatic N) is 3. The molecule has 0 atom stereocenters. The molecule has 80 valence electrons. The average molecular weight is 205 g/mol. The van der Waals surface area contributed by atoms with Crippen LogP contribution in [0.3, 0.4) is 0 Å². The van der Waals surface area contributed by atoms with Gasteiger partial charge in [0, 0.05) is 13.2 Å². The topological polar surface area (TPSA) is 58.5 Å². The molecule has 2 aromatic rings. The van der Waals surface area contributed by atoms with Crippen LogP contribution in [0.2, 0.25) is 0 Å². The molecule has 0 fully saturated rings. The van der Waals surface area contributed by atoms with Gasteiger partial charge in [-0.15, -0.1) is 0 Å². The van der Waals surface area contributed by atoms with Gasteiger partial charge in [-0.1, -0.05) is 6.92 Å². The zero-order chi connectivity index (χ0) is 10.7. The van der Waals surface area contributed by atoms with E-state index in [2.05, 4.69) is 27.3 Å². The summed E-state index contributed by atoms with van der Waals surface area (Å²) >= 11 is 0. The van der Waals surface area contributed by atoms with Crippen molar-refractivity contribution in [3.05, 3.63) is 24.3 Å². The molecule has 15 heavy (non-hydrogen) atoms. The molecule has 5 heteroatoms. The van der Waals surface area contributed by atoms with Crippen LogP contribution in [-0.4, -0.2) is 26.3 Å². The predicted octanol–water partition coefficient (Wildman–Crippen LogP) is 0.920. The second-order valence-electron chi connectivity index (χ2n) is 3.36. The normalized spacial score (nSPS) is 10.8. The van der Waals surface area contributed by atoms with Gasteiger partial charge < -0.3 is 10.3 Å². The van der Waals surface area contributed by atoms with Gasteiger partial charge in [0.1, 0.15) is 5.82 Å². The first-order chi connectivity index (χ1) is 7.31. The lowest BCUT2D eigenvalue weighted by Crippen LogP contribution is -2.12. The molecule has 0 saturated heterocycles. The maximum Gasteiger partial charge on any atom is 0.120 e. The monoisotopic (exact) mass is 205 g/mol. The summed E-state index contributed by atoms with van der Waals surface area (Å²) in [6.45, 7) is 3.79. The molecule has 0 bridgehead atoms. The summed E-state index contributed by atoms with van der Waals surface area (Å²) in [6.07, 6.45) is 3.61. The lowest BCUT2D eigenvalue weighted by molar-refractivity contribution is 0.698. The Morgan fingerprint density at radius 2 is 2.40 bits per heavy atom. The van der Waals surface area contributed by atoms with Crippen molar-refractivity contribution in [2.24, 2.45) is 7.05 Å². The summed E-state index contributed by atoms with van der Waals surface area (Å²) < 4.78 is 1.82. The molecule has 0 amide bonds. The van der Waals surface area contributed by atoms with Gasteiger partial charge in [0.2, 0.25) is 0 Å². The number of nitrogens with one attached hydrogen (secondary N) is 2. The molecule has 5 nitrogen and oxygen atoms in total. The molecule has 0 aliphatic carbocycles. The van der Waals surface area contributed by atoms with Crippen molar-refractivity contribution in [3.8, 4) is 11.4 Å². The Kier molecular flexibility index (Phi) is 2.82. The third-order valence-electron chi connectivity index (χ3n) is 2.27. The summed E-state index contributed by atoms with van der Waals surface area (Å²) in [6, 6.07) is 1.96. The maximum atomic E-state index is 4.29. The van der Waals surface area contributed by atoms with E-state index in [1.807, 2.05) is 24.0 Å². The van der Waals surface area contributed by atoms with Gasteiger partial charge in [-0.25, -0.2) is 4.98 Å². The maximum absolute atomic E-state index is 4.29. The highest BCUT2D eigenvalue weighted by Gasteiger charge is 2.05. The van der Waals surface area contributed by atoms with Gasteiger partial charge in [-0.05, 0) is 12.6 Å². The first-order valence-electron chi connectivity index (χ1n) is 5.04. The zero-order valence-corrected chi connectivity index (χ0v) is 8.99. The molecule has 2 aromatic heterocycles. The minimum atomic E-state index is 0.772. The van der Waals surface area contributed by atoms with E-state index >= 15 is 0 Å². The number of aromatic amines is 1. The molecule has 0 aliphatic rings. The van der Waals surface area contributed by atoms with Crippen LogP contribution in [0.25, 0.3) is 11.4 Å². The van der Waals surface area contributed by atoms with Crippen molar-refractivity contribution in [2.75, 3.05) is 6.54 Å². The number of hydrogen-bond acceptors (Lipinski definition) is 3. The third kappa shape index (κ3) is 2.07. The number of imidazole rings is 1. The van der Waals surface area contributed by atoms with Gasteiger partial charge in [-0.2, -0.15) is 5.10 Å². The van der Waals surface area contributed by atoms with E-state index in [0.717, 1.165) is 30.3 Å². The van der Waals surface area contributed by atoms with Crippen LogP contribution in [0.15, 0.2) is 18.5 Å². The molecule has 0 saturated carbocycles. The Hall–Kier alpha value is -1.62. The van der Waals surface area contributed by atoms with Gasteiger partial charge >= 0.3 is 0 Å². The molecule has 0 radical (unpaired) electrons. The van der Waals surface area contributed by atoms with E-state index in [9.17, 15) is 0 Å². The molecule has 2 heterocycles. The second-order valence-corrected chi connectivity index (χ2v) is 3.36. The van der Waals surface area contributed by atoms with Crippen LogP contribution >= 0.6 is 0 Å². The summed E-state index contributed by atoms with van der Waals surface area (Å²) in [7, 11) is 1.92. The first-order valence-corrected chi connectivity index (χ1v) is 5.04. The van der Waals surface area contributed by atoms with E-state index in [0.29, 0.717) is 0 Å². The van der Waals surface area contributed by atoms with E-state index < -0.39 is 0 Å². The fourth-order valence-corrected chi connectivity index (χ4v) is 1.46. The highest BCUT2D eigenvalue weighted by atomic mass is 15.3. The van der Waals surface area contributed by atoms with E-state index in [1.165, 1.54) is 0 Å². The van der Waals surface area contributed by atoms with Crippen LogP contribution in [0, 0.1) is 0 Å². The Labute approximate surface area is 88.5 Å². The standard InChI is InChI=1S/C10H15N5/c1-3-11-7-10-12-6-8(14-10)9-4-5-13-15(9)2/h4-6,11H,3,7H2,1-2H3,(H,12,14). The molecule has 0 aliphatic heterocycles. The average Bonchev–Trinajstić information content (AvgIpc) is 2.83. The predicted molar refractivity (Wildman–Crippen MR) is 58.2 cm³/mol. The molecule has 0 aromatic carbocycles. The van der Waals surface area contributed by atoms with Crippen molar-refractivity contribution >= 4 is 0 Å². The minimum absolute atomic E-state index is 0.772. The largest absolute Gasteiger partial charge is 0.340 e. The Morgan fingerprint density at radius 1 is 1.53 bits per heavy atom. The number of rotatable bonds is 4. The highest BCUT2D eigenvalue weighted by Crippen LogP contribution is 2.14. The Bertz CT molecular complexity index is 428. The van der Waals surface area contributed by atoms with Crippen molar-refractivity contribution in [1.82, 2.24) is 25.1 Å². The minimum Gasteiger partial charge on any atom is -0.340 e. The lowest BCUT2D eigenvalue weighted by Gasteiger charge is -1.98. The number of H-pyrrole nitrogens is 1. The van der Waals surface area contributed by atoms with Crippen LogP contribution in [0.4, 0.5) is 0 Å². The van der Waals surface area contributed by atoms with Gasteiger partial charge in [0.05, 0.1) is 24.1 Å². The molecular formula is C10H15N5. The van der Waals surface area contributed by atoms with Crippen molar-refractivity contribution in [1.29, 1.82) is 0 Å². The Morgan fingerprint density at radius 3 is 3.07 bits per heavy atom. The molecule has 2 rings (SSSR count). The van der Waals surface area contributed by atoms with Crippen LogP contribution < -0.4 is 5.32 Å². The lowest BCUT2D eigenvalue weighted by atomic mass is 10.3. The van der Waals surface area contributed by atoms with E-state index in [-0.39, 0.29) is 0 Å². The third-order valence-corrected chi connectivity index (χ3v) is 2.27. The van der Waals surface area contributed by atoms with Crippen LogP contribution in [-0.2, 0) is 13.6 Å². The smallest absolute Gasteiger partial charge is 0.120 e. The first kappa shape index (κ1) is 9.92. The Balaban J connectivity index is 2.17. The fourth-order valence-electron chi connectivity index (χ4n) is 1.46. The number of aryl methyl sites for hydroxylation is 1. The van der Waals surface area contributed by atoms with Crippen molar-refractivity contribution < 1.29 is 0 Å². The summed E-state index contributed by atoms with van der Waals surface area (Å²) in [5.41, 5.74) is 2.05. The summed E-state index contributed by atoms with van der Waals surface area (Å²) in [5, 5.41) is 7.34. The molecule has 0 spiro atoms. The number of aromatic nitrogens is 4. The van der Waals surface area contributed by atoms with E-state index in [4.69, 9.17) is 0 Å². The van der Waals surface area contributed by atoms with Crippen molar-refractivity contribution in [3.63, 3.8) is 0 Å². The summed E-state index contributed by atoms with van der Waals surface area (Å²) in [5.74, 6) is 0.952. The van der Waals surface area contributed by atoms with E-state index in [1.54, 1.807) is 6.20 Å². The quantitative estimate of drug-likeness (QED) is 0.780. The highest BCUT2D eigenvalue weighted by molar-refractivity contribution is 5.52. The fraction of sp³-hybridized carbons (Fsp3) is 0.400. The molecular weight excluding hydrogens is 190 g/mol. The summed E-state index contributed by atoms with van der Waals surface area (Å²) in [4.78, 5) is 7.55. The van der Waals surface area contributed by atoms with Gasteiger partial charge in [0.25, 0.3) is 0 Å².